The Bertz CT molecular complexity index is 1220. The molecule has 9 heteroatoms. The molecule has 6 rings (SSSR count). The molecular formula is C25H27N5O3S. The Hall–Kier alpha value is -3.20. The molecule has 1 aromatic carbocycles. The predicted molar refractivity (Wildman–Crippen MR) is 126 cm³/mol. The fourth-order valence-corrected chi connectivity index (χ4v) is 5.44. The van der Waals surface area contributed by atoms with E-state index in [4.69, 9.17) is 9.84 Å². The average Bonchev–Trinajstić information content (AvgIpc) is 3.39. The third-order valence-corrected chi connectivity index (χ3v) is 7.68. The van der Waals surface area contributed by atoms with Crippen LogP contribution >= 0.6 is 11.3 Å². The fraction of sp³-hybridized carbons (Fsp3) is 0.440. The van der Waals surface area contributed by atoms with E-state index in [9.17, 15) is 9.59 Å². The van der Waals surface area contributed by atoms with Gasteiger partial charge in [0.15, 0.2) is 5.69 Å². The van der Waals surface area contributed by atoms with Crippen molar-refractivity contribution in [3.05, 3.63) is 63.4 Å². The zero-order valence-electron chi connectivity index (χ0n) is 18.9. The summed E-state index contributed by atoms with van der Waals surface area (Å²) in [6.45, 7) is 2.67. The summed E-state index contributed by atoms with van der Waals surface area (Å²) >= 11 is 1.51. The van der Waals surface area contributed by atoms with Crippen LogP contribution in [-0.2, 0) is 37.3 Å². The molecule has 34 heavy (non-hydrogen) atoms. The van der Waals surface area contributed by atoms with Gasteiger partial charge in [-0.1, -0.05) is 18.2 Å². The number of thiazole rings is 1. The van der Waals surface area contributed by atoms with Crippen molar-refractivity contribution in [1.29, 1.82) is 0 Å². The van der Waals surface area contributed by atoms with Crippen LogP contribution in [0.3, 0.4) is 0 Å². The van der Waals surface area contributed by atoms with Crippen molar-refractivity contribution < 1.29 is 14.3 Å². The quantitative estimate of drug-likeness (QED) is 0.590. The number of carbonyl (C=O) groups excluding carboxylic acids is 2. The standard InChI is InChI=1S/C25H27N5O3S/c31-24(27-12-22-26-8-10-34-22)23-19-14-29(9-7-20(19)30(28-23)13-16-5-6-16)25(32)18-11-17-3-1-2-4-21(17)33-15-18/h1-4,8,10,16,18H,5-7,9,11-15H2,(H,27,31)/t18-/m1/s1. The van der Waals surface area contributed by atoms with E-state index in [1.54, 1.807) is 6.20 Å². The number of fused-ring (bicyclic) bond motifs is 2. The molecule has 3 aromatic rings. The van der Waals surface area contributed by atoms with Gasteiger partial charge in [0.1, 0.15) is 17.4 Å². The number of aromatic nitrogens is 3. The van der Waals surface area contributed by atoms with Gasteiger partial charge in [0.2, 0.25) is 5.91 Å². The van der Waals surface area contributed by atoms with Gasteiger partial charge in [-0.25, -0.2) is 4.98 Å². The molecule has 0 saturated heterocycles. The summed E-state index contributed by atoms with van der Waals surface area (Å²) in [6.07, 6.45) is 5.56. The topological polar surface area (TPSA) is 89.4 Å². The van der Waals surface area contributed by atoms with E-state index in [1.165, 1.54) is 24.2 Å². The number of rotatable bonds is 6. The molecular weight excluding hydrogens is 450 g/mol. The summed E-state index contributed by atoms with van der Waals surface area (Å²) in [5, 5.41) is 10.4. The molecule has 1 aliphatic carbocycles. The van der Waals surface area contributed by atoms with Crippen LogP contribution in [0.5, 0.6) is 5.75 Å². The fourth-order valence-electron chi connectivity index (χ4n) is 4.88. The Kier molecular flexibility index (Phi) is 5.57. The summed E-state index contributed by atoms with van der Waals surface area (Å²) in [5.74, 6) is 1.19. The number of carbonyl (C=O) groups is 2. The third kappa shape index (κ3) is 4.20. The number of nitrogens with one attached hydrogen (secondary N) is 1. The van der Waals surface area contributed by atoms with Crippen molar-refractivity contribution in [2.45, 2.75) is 45.3 Å². The Morgan fingerprint density at radius 3 is 2.94 bits per heavy atom. The van der Waals surface area contributed by atoms with Crippen LogP contribution in [0.2, 0.25) is 0 Å². The zero-order chi connectivity index (χ0) is 23.1. The van der Waals surface area contributed by atoms with E-state index >= 15 is 0 Å². The number of hydrogen-bond donors (Lipinski definition) is 1. The lowest BCUT2D eigenvalue weighted by Gasteiger charge is -2.33. The van der Waals surface area contributed by atoms with Gasteiger partial charge in [0.25, 0.3) is 5.91 Å². The molecule has 176 valence electrons. The van der Waals surface area contributed by atoms with Crippen LogP contribution in [0.25, 0.3) is 0 Å². The van der Waals surface area contributed by atoms with Gasteiger partial charge in [-0.05, 0) is 36.8 Å². The van der Waals surface area contributed by atoms with Gasteiger partial charge < -0.3 is 15.0 Å². The molecule has 8 nitrogen and oxygen atoms in total. The second-order valence-corrected chi connectivity index (χ2v) is 10.3. The van der Waals surface area contributed by atoms with Crippen LogP contribution in [0.4, 0.5) is 0 Å². The van der Waals surface area contributed by atoms with Crippen LogP contribution < -0.4 is 10.1 Å². The lowest BCUT2D eigenvalue weighted by molar-refractivity contribution is -0.137. The Labute approximate surface area is 201 Å². The lowest BCUT2D eigenvalue weighted by atomic mass is 9.94. The van der Waals surface area contributed by atoms with Crippen molar-refractivity contribution in [2.24, 2.45) is 11.8 Å². The Balaban J connectivity index is 1.21. The van der Waals surface area contributed by atoms with Gasteiger partial charge in [-0.2, -0.15) is 5.10 Å². The molecule has 3 aliphatic rings. The molecule has 1 saturated carbocycles. The van der Waals surface area contributed by atoms with E-state index in [-0.39, 0.29) is 17.7 Å². The SMILES string of the molecule is O=C(NCc1nccs1)c1nn(CC2CC2)c2c1CN(C(=O)[C@H]1COc3ccccc3C1)CC2. The summed E-state index contributed by atoms with van der Waals surface area (Å²) < 4.78 is 7.89. The van der Waals surface area contributed by atoms with Gasteiger partial charge in [-0.15, -0.1) is 11.3 Å². The molecule has 2 aliphatic heterocycles. The number of benzene rings is 1. The van der Waals surface area contributed by atoms with Gasteiger partial charge >= 0.3 is 0 Å². The monoisotopic (exact) mass is 477 g/mol. The van der Waals surface area contributed by atoms with E-state index in [0.717, 1.165) is 34.1 Å². The van der Waals surface area contributed by atoms with Gasteiger partial charge in [0, 0.05) is 48.9 Å². The minimum atomic E-state index is -0.208. The maximum absolute atomic E-state index is 13.4. The van der Waals surface area contributed by atoms with E-state index in [0.29, 0.717) is 50.7 Å². The summed E-state index contributed by atoms with van der Waals surface area (Å²) in [7, 11) is 0. The molecule has 0 radical (unpaired) electrons. The highest BCUT2D eigenvalue weighted by atomic mass is 32.1. The number of amides is 2. The van der Waals surface area contributed by atoms with Crippen molar-refractivity contribution in [3.8, 4) is 5.75 Å². The molecule has 4 heterocycles. The van der Waals surface area contributed by atoms with Crippen molar-refractivity contribution in [1.82, 2.24) is 25.0 Å². The molecule has 2 amide bonds. The normalized spacial score (nSPS) is 19.2. The minimum Gasteiger partial charge on any atom is -0.492 e. The number of nitrogens with zero attached hydrogens (tertiary/aromatic N) is 4. The molecule has 1 atom stereocenters. The molecule has 2 aromatic heterocycles. The first kappa shape index (κ1) is 21.3. The van der Waals surface area contributed by atoms with Crippen LogP contribution in [-0.4, -0.2) is 44.6 Å². The third-order valence-electron chi connectivity index (χ3n) is 6.90. The first-order valence-electron chi connectivity index (χ1n) is 11.9. The minimum absolute atomic E-state index is 0.0873. The first-order chi connectivity index (χ1) is 16.7. The molecule has 1 fully saturated rings. The zero-order valence-corrected chi connectivity index (χ0v) is 19.7. The smallest absolute Gasteiger partial charge is 0.272 e. The number of hydrogen-bond acceptors (Lipinski definition) is 6. The van der Waals surface area contributed by atoms with Crippen LogP contribution in [0, 0.1) is 11.8 Å². The van der Waals surface area contributed by atoms with Crippen LogP contribution in [0.1, 0.15) is 45.2 Å². The lowest BCUT2D eigenvalue weighted by Crippen LogP contribution is -2.43. The summed E-state index contributed by atoms with van der Waals surface area (Å²) in [4.78, 5) is 32.7. The largest absolute Gasteiger partial charge is 0.492 e. The Morgan fingerprint density at radius 2 is 2.12 bits per heavy atom. The second-order valence-electron chi connectivity index (χ2n) is 9.34. The van der Waals surface area contributed by atoms with Crippen LogP contribution in [0.15, 0.2) is 35.8 Å². The predicted octanol–water partition coefficient (Wildman–Crippen LogP) is 2.82. The Morgan fingerprint density at radius 1 is 1.24 bits per heavy atom. The summed E-state index contributed by atoms with van der Waals surface area (Å²) in [6, 6.07) is 7.91. The highest BCUT2D eigenvalue weighted by molar-refractivity contribution is 7.09. The van der Waals surface area contributed by atoms with Gasteiger partial charge in [-0.3, -0.25) is 14.3 Å². The van der Waals surface area contributed by atoms with Crippen molar-refractivity contribution >= 4 is 23.2 Å². The van der Waals surface area contributed by atoms with E-state index in [1.807, 2.05) is 39.2 Å². The second kappa shape index (κ2) is 8.87. The maximum atomic E-state index is 13.4. The maximum Gasteiger partial charge on any atom is 0.272 e. The molecule has 0 unspecified atom stereocenters. The number of para-hydroxylation sites is 1. The molecule has 0 bridgehead atoms. The molecule has 0 spiro atoms. The highest BCUT2D eigenvalue weighted by Crippen LogP contribution is 2.33. The summed E-state index contributed by atoms with van der Waals surface area (Å²) in [5.41, 5.74) is 3.49. The first-order valence-corrected chi connectivity index (χ1v) is 12.8. The van der Waals surface area contributed by atoms with Gasteiger partial charge in [0.05, 0.1) is 12.5 Å². The molecule has 1 N–H and O–H groups in total. The number of ether oxygens (including phenoxy) is 1. The van der Waals surface area contributed by atoms with E-state index < -0.39 is 0 Å². The van der Waals surface area contributed by atoms with Crippen molar-refractivity contribution in [3.63, 3.8) is 0 Å². The van der Waals surface area contributed by atoms with E-state index in [2.05, 4.69) is 10.3 Å². The highest BCUT2D eigenvalue weighted by Gasteiger charge is 2.35. The van der Waals surface area contributed by atoms with Crippen molar-refractivity contribution in [2.75, 3.05) is 13.2 Å². The average molecular weight is 478 g/mol.